The molecule has 0 aliphatic carbocycles. The summed E-state index contributed by atoms with van der Waals surface area (Å²) in [5, 5.41) is 8.35. The van der Waals surface area contributed by atoms with E-state index in [1.807, 2.05) is 0 Å². The molecule has 3 N–H and O–H groups in total. The van der Waals surface area contributed by atoms with Crippen molar-refractivity contribution in [1.82, 2.24) is 0 Å². The Kier molecular flexibility index (Phi) is 6.40. The van der Waals surface area contributed by atoms with E-state index in [1.165, 1.54) is 6.07 Å². The highest BCUT2D eigenvalue weighted by Gasteiger charge is 2.38. The fourth-order valence-corrected chi connectivity index (χ4v) is 1.57. The number of aliphatic carboxylic acids is 1. The minimum Gasteiger partial charge on any atom is -0.491 e. The fourth-order valence-electron chi connectivity index (χ4n) is 1.39. The maximum absolute atomic E-state index is 11.2. The number of carboxylic acids is 1. The van der Waals surface area contributed by atoms with Crippen LogP contribution in [-0.2, 0) is 4.79 Å². The molecule has 0 spiro atoms. The van der Waals surface area contributed by atoms with E-state index < -0.39 is 17.8 Å². The molecule has 0 amide bonds. The van der Waals surface area contributed by atoms with E-state index in [-0.39, 0.29) is 0 Å². The average Bonchev–Trinajstić information content (AvgIpc) is 2.45. The molecule has 6 nitrogen and oxygen atoms in total. The van der Waals surface area contributed by atoms with Gasteiger partial charge in [-0.1, -0.05) is 11.6 Å². The lowest BCUT2D eigenvalue weighted by Gasteiger charge is -2.06. The van der Waals surface area contributed by atoms with Gasteiger partial charge in [0.1, 0.15) is 17.9 Å². The summed E-state index contributed by atoms with van der Waals surface area (Å²) in [6.07, 6.45) is -5.08. The Bertz CT molecular complexity index is 744. The van der Waals surface area contributed by atoms with Crippen molar-refractivity contribution < 1.29 is 32.2 Å². The number of hydrogen-bond acceptors (Lipinski definition) is 5. The molecule has 1 heterocycles. The van der Waals surface area contributed by atoms with Gasteiger partial charge in [-0.2, -0.15) is 13.2 Å². The van der Waals surface area contributed by atoms with Gasteiger partial charge in [-0.3, -0.25) is 0 Å². The summed E-state index contributed by atoms with van der Waals surface area (Å²) in [5.41, 5.74) is 5.33. The van der Waals surface area contributed by atoms with E-state index in [9.17, 15) is 18.0 Å². The van der Waals surface area contributed by atoms with Crippen molar-refractivity contribution in [2.45, 2.75) is 6.18 Å². The van der Waals surface area contributed by atoms with Crippen LogP contribution in [0.15, 0.2) is 33.5 Å². The van der Waals surface area contributed by atoms with Crippen molar-refractivity contribution in [3.8, 4) is 5.75 Å². The minimum absolute atomic E-state index is 0.338. The van der Waals surface area contributed by atoms with Gasteiger partial charge in [-0.25, -0.2) is 9.59 Å². The third kappa shape index (κ3) is 5.80. The quantitative estimate of drug-likeness (QED) is 0.821. The second-order valence-electron chi connectivity index (χ2n) is 4.01. The molecular formula is C13H11ClF3NO5. The van der Waals surface area contributed by atoms with E-state index in [0.717, 1.165) is 0 Å². The predicted octanol–water partition coefficient (Wildman–Crippen LogP) is 2.42. The van der Waals surface area contributed by atoms with E-state index >= 15 is 0 Å². The van der Waals surface area contributed by atoms with Crippen LogP contribution in [0.3, 0.4) is 0 Å². The molecule has 0 unspecified atom stereocenters. The number of rotatable bonds is 3. The predicted molar refractivity (Wildman–Crippen MR) is 75.7 cm³/mol. The molecule has 1 aromatic heterocycles. The third-order valence-corrected chi connectivity index (χ3v) is 2.52. The Morgan fingerprint density at radius 1 is 1.35 bits per heavy atom. The van der Waals surface area contributed by atoms with Crippen LogP contribution in [0.4, 0.5) is 13.2 Å². The van der Waals surface area contributed by atoms with Crippen LogP contribution < -0.4 is 16.1 Å². The molecule has 0 saturated heterocycles. The summed E-state index contributed by atoms with van der Waals surface area (Å²) < 4.78 is 42.1. The summed E-state index contributed by atoms with van der Waals surface area (Å²) in [7, 11) is 0. The lowest BCUT2D eigenvalue weighted by molar-refractivity contribution is -0.192. The molecule has 0 aliphatic heterocycles. The van der Waals surface area contributed by atoms with Gasteiger partial charge in [0, 0.05) is 11.6 Å². The first-order chi connectivity index (χ1) is 10.6. The van der Waals surface area contributed by atoms with Crippen molar-refractivity contribution >= 4 is 28.5 Å². The molecular weight excluding hydrogens is 343 g/mol. The number of hydrogen-bond donors (Lipinski definition) is 2. The summed E-state index contributed by atoms with van der Waals surface area (Å²) >= 11 is 5.86. The highest BCUT2D eigenvalue weighted by atomic mass is 35.5. The van der Waals surface area contributed by atoms with Gasteiger partial charge < -0.3 is 20.0 Å². The van der Waals surface area contributed by atoms with Gasteiger partial charge >= 0.3 is 17.8 Å². The lowest BCUT2D eigenvalue weighted by Crippen LogP contribution is -2.21. The number of alkyl halides is 3. The monoisotopic (exact) mass is 353 g/mol. The number of carboxylic acid groups (broad SMARTS) is 1. The maximum atomic E-state index is 11.2. The molecule has 126 valence electrons. The van der Waals surface area contributed by atoms with Crippen molar-refractivity contribution in [3.05, 3.63) is 39.7 Å². The van der Waals surface area contributed by atoms with Crippen molar-refractivity contribution in [2.75, 3.05) is 13.2 Å². The first-order valence-corrected chi connectivity index (χ1v) is 6.39. The van der Waals surface area contributed by atoms with Crippen LogP contribution in [0.2, 0.25) is 5.02 Å². The third-order valence-electron chi connectivity index (χ3n) is 2.28. The van der Waals surface area contributed by atoms with Crippen LogP contribution >= 0.6 is 11.6 Å². The van der Waals surface area contributed by atoms with Crippen LogP contribution in [-0.4, -0.2) is 30.4 Å². The molecule has 0 atom stereocenters. The Balaban J connectivity index is 0.000000322. The normalized spacial score (nSPS) is 10.8. The first kappa shape index (κ1) is 18.8. The SMILES string of the molecule is NCCOc1cc(=O)oc2ccc(Cl)cc12.O=C(O)C(F)(F)F. The van der Waals surface area contributed by atoms with Gasteiger partial charge in [0.25, 0.3) is 0 Å². The maximum Gasteiger partial charge on any atom is 0.490 e. The van der Waals surface area contributed by atoms with Crippen LogP contribution in [0.25, 0.3) is 11.0 Å². The topological polar surface area (TPSA) is 103 Å². The van der Waals surface area contributed by atoms with Gasteiger partial charge in [0.2, 0.25) is 0 Å². The van der Waals surface area contributed by atoms with Crippen molar-refractivity contribution in [3.63, 3.8) is 0 Å². The van der Waals surface area contributed by atoms with E-state index in [4.69, 9.17) is 36.4 Å². The molecule has 0 bridgehead atoms. The largest absolute Gasteiger partial charge is 0.491 e. The molecule has 0 aliphatic rings. The van der Waals surface area contributed by atoms with Crippen molar-refractivity contribution in [2.24, 2.45) is 5.73 Å². The highest BCUT2D eigenvalue weighted by molar-refractivity contribution is 6.31. The Hall–Kier alpha value is -2.26. The molecule has 2 aromatic rings. The first-order valence-electron chi connectivity index (χ1n) is 6.01. The molecule has 0 fully saturated rings. The van der Waals surface area contributed by atoms with Gasteiger partial charge in [-0.15, -0.1) is 0 Å². The van der Waals surface area contributed by atoms with E-state index in [2.05, 4.69) is 0 Å². The standard InChI is InChI=1S/C11H10ClNO3.C2HF3O2/c12-7-1-2-9-8(5-7)10(15-4-3-13)6-11(14)16-9;3-2(4,5)1(6)7/h1-2,5-6H,3-4,13H2;(H,6,7). The zero-order chi connectivity index (χ0) is 17.6. The highest BCUT2D eigenvalue weighted by Crippen LogP contribution is 2.26. The summed E-state index contributed by atoms with van der Waals surface area (Å²) in [4.78, 5) is 20.1. The van der Waals surface area contributed by atoms with Gasteiger partial charge in [-0.05, 0) is 18.2 Å². The Labute approximate surface area is 132 Å². The number of nitrogens with two attached hydrogens (primary N) is 1. The second kappa shape index (κ2) is 7.84. The van der Waals surface area contributed by atoms with E-state index in [1.54, 1.807) is 18.2 Å². The molecule has 0 saturated carbocycles. The van der Waals surface area contributed by atoms with E-state index in [0.29, 0.717) is 34.9 Å². The fraction of sp³-hybridized carbons (Fsp3) is 0.231. The molecule has 10 heteroatoms. The minimum atomic E-state index is -5.08. The smallest absolute Gasteiger partial charge is 0.490 e. The lowest BCUT2D eigenvalue weighted by atomic mass is 10.2. The number of carbonyl (C=O) groups is 1. The van der Waals surface area contributed by atoms with Crippen LogP contribution in [0.5, 0.6) is 5.75 Å². The Morgan fingerprint density at radius 2 is 1.96 bits per heavy atom. The number of halogens is 4. The molecule has 0 radical (unpaired) electrons. The molecule has 23 heavy (non-hydrogen) atoms. The Morgan fingerprint density at radius 3 is 2.48 bits per heavy atom. The van der Waals surface area contributed by atoms with Crippen molar-refractivity contribution in [1.29, 1.82) is 0 Å². The molecule has 2 rings (SSSR count). The number of ether oxygens (including phenoxy) is 1. The summed E-state index contributed by atoms with van der Waals surface area (Å²) in [6.45, 7) is 0.716. The summed E-state index contributed by atoms with van der Waals surface area (Å²) in [6, 6.07) is 6.26. The van der Waals surface area contributed by atoms with Crippen LogP contribution in [0, 0.1) is 0 Å². The van der Waals surface area contributed by atoms with Crippen LogP contribution in [0.1, 0.15) is 0 Å². The average molecular weight is 354 g/mol. The zero-order valence-corrected chi connectivity index (χ0v) is 12.1. The molecule has 1 aromatic carbocycles. The number of fused-ring (bicyclic) bond motifs is 1. The van der Waals surface area contributed by atoms with Gasteiger partial charge in [0.15, 0.2) is 0 Å². The number of benzene rings is 1. The zero-order valence-electron chi connectivity index (χ0n) is 11.4. The second-order valence-corrected chi connectivity index (χ2v) is 4.45. The van der Waals surface area contributed by atoms with Gasteiger partial charge in [0.05, 0.1) is 11.5 Å². The summed E-state index contributed by atoms with van der Waals surface area (Å²) in [5.74, 6) is -2.31.